The summed E-state index contributed by atoms with van der Waals surface area (Å²) in [5.74, 6) is -1.53. The average Bonchev–Trinajstić information content (AvgIpc) is 2.74. The van der Waals surface area contributed by atoms with Crippen LogP contribution in [0.4, 0.5) is 0 Å². The van der Waals surface area contributed by atoms with Gasteiger partial charge in [0.05, 0.1) is 23.6 Å². The molecule has 152 valence electrons. The summed E-state index contributed by atoms with van der Waals surface area (Å²) in [6.07, 6.45) is 0. The summed E-state index contributed by atoms with van der Waals surface area (Å²) < 4.78 is 11.3. The number of carbonyl (C=O) groups excluding carboxylic acids is 1. The van der Waals surface area contributed by atoms with Crippen molar-refractivity contribution in [3.63, 3.8) is 0 Å². The highest BCUT2D eigenvalue weighted by Crippen LogP contribution is 2.37. The SMILES string of the molecule is CCOc1nc(C(=O)NCC(=O)O)c(O)c2ccc(Oc3cccc(C#N)c3)cc12. The Balaban J connectivity index is 2.02. The van der Waals surface area contributed by atoms with Gasteiger partial charge in [0.25, 0.3) is 5.91 Å². The number of pyridine rings is 1. The summed E-state index contributed by atoms with van der Waals surface area (Å²) in [6, 6.07) is 13.4. The fourth-order valence-electron chi connectivity index (χ4n) is 2.72. The molecule has 3 rings (SSSR count). The lowest BCUT2D eigenvalue weighted by atomic mass is 10.1. The molecule has 1 aromatic heterocycles. The van der Waals surface area contributed by atoms with Crippen molar-refractivity contribution in [2.75, 3.05) is 13.2 Å². The molecule has 2 aromatic carbocycles. The third kappa shape index (κ3) is 4.39. The molecule has 1 amide bonds. The van der Waals surface area contributed by atoms with Gasteiger partial charge in [0.2, 0.25) is 5.88 Å². The van der Waals surface area contributed by atoms with Crippen LogP contribution >= 0.6 is 0 Å². The number of hydrogen-bond donors (Lipinski definition) is 3. The van der Waals surface area contributed by atoms with Crippen LogP contribution in [0.1, 0.15) is 23.0 Å². The van der Waals surface area contributed by atoms with Crippen molar-refractivity contribution in [2.24, 2.45) is 0 Å². The molecule has 0 bridgehead atoms. The zero-order valence-electron chi connectivity index (χ0n) is 15.9. The van der Waals surface area contributed by atoms with E-state index < -0.39 is 24.2 Å². The third-order valence-electron chi connectivity index (χ3n) is 4.01. The minimum Gasteiger partial charge on any atom is -0.505 e. The predicted molar refractivity (Wildman–Crippen MR) is 106 cm³/mol. The van der Waals surface area contributed by atoms with Crippen LogP contribution in [0.25, 0.3) is 10.8 Å². The van der Waals surface area contributed by atoms with Crippen LogP contribution in [0.3, 0.4) is 0 Å². The van der Waals surface area contributed by atoms with Gasteiger partial charge in [-0.25, -0.2) is 4.98 Å². The Hall–Kier alpha value is -4.32. The first-order valence-corrected chi connectivity index (χ1v) is 8.90. The lowest BCUT2D eigenvalue weighted by Gasteiger charge is -2.13. The third-order valence-corrected chi connectivity index (χ3v) is 4.01. The van der Waals surface area contributed by atoms with Crippen molar-refractivity contribution in [2.45, 2.75) is 6.92 Å². The number of fused-ring (bicyclic) bond motifs is 1. The second kappa shape index (κ2) is 8.79. The Bertz CT molecular complexity index is 1170. The maximum absolute atomic E-state index is 12.2. The molecule has 0 radical (unpaired) electrons. The molecule has 9 nitrogen and oxygen atoms in total. The monoisotopic (exact) mass is 407 g/mol. The number of aliphatic carboxylic acids is 1. The van der Waals surface area contributed by atoms with Crippen LogP contribution in [-0.2, 0) is 4.79 Å². The fourth-order valence-corrected chi connectivity index (χ4v) is 2.72. The van der Waals surface area contributed by atoms with Gasteiger partial charge in [-0.15, -0.1) is 0 Å². The number of rotatable bonds is 7. The van der Waals surface area contributed by atoms with E-state index in [2.05, 4.69) is 10.3 Å². The minimum absolute atomic E-state index is 0.0852. The van der Waals surface area contributed by atoms with E-state index in [0.29, 0.717) is 22.4 Å². The maximum atomic E-state index is 12.2. The molecule has 3 N–H and O–H groups in total. The molecule has 9 heteroatoms. The molecule has 0 saturated heterocycles. The van der Waals surface area contributed by atoms with Crippen LogP contribution in [0.15, 0.2) is 42.5 Å². The first-order valence-electron chi connectivity index (χ1n) is 8.90. The Kier molecular flexibility index (Phi) is 5.98. The Morgan fingerprint density at radius 1 is 1.17 bits per heavy atom. The number of carboxylic acid groups (broad SMARTS) is 1. The molecule has 0 aliphatic rings. The second-order valence-electron chi connectivity index (χ2n) is 6.07. The molecule has 0 aliphatic heterocycles. The van der Waals surface area contributed by atoms with Crippen molar-refractivity contribution in [1.29, 1.82) is 5.26 Å². The summed E-state index contributed by atoms with van der Waals surface area (Å²) in [5.41, 5.74) is 0.0993. The summed E-state index contributed by atoms with van der Waals surface area (Å²) in [6.45, 7) is 1.37. The number of amides is 1. The normalized spacial score (nSPS) is 10.3. The Morgan fingerprint density at radius 2 is 1.93 bits per heavy atom. The standard InChI is InChI=1S/C21H17N3O6/c1-2-29-21-16-9-14(30-13-5-3-4-12(8-13)10-22)6-7-15(16)19(27)18(24-21)20(28)23-11-17(25)26/h3-9,27H,2,11H2,1H3,(H,23,28)(H,25,26). The smallest absolute Gasteiger partial charge is 0.322 e. The molecular weight excluding hydrogens is 390 g/mol. The molecular formula is C21H17N3O6. The molecule has 1 heterocycles. The van der Waals surface area contributed by atoms with Gasteiger partial charge in [-0.3, -0.25) is 9.59 Å². The summed E-state index contributed by atoms with van der Waals surface area (Å²) in [4.78, 5) is 27.0. The topological polar surface area (TPSA) is 142 Å². The van der Waals surface area contributed by atoms with Crippen molar-refractivity contribution in [3.05, 3.63) is 53.7 Å². The molecule has 30 heavy (non-hydrogen) atoms. The van der Waals surface area contributed by atoms with Crippen LogP contribution in [-0.4, -0.2) is 40.2 Å². The summed E-state index contributed by atoms with van der Waals surface area (Å²) >= 11 is 0. The van der Waals surface area contributed by atoms with Crippen molar-refractivity contribution < 1.29 is 29.3 Å². The van der Waals surface area contributed by atoms with Gasteiger partial charge in [0, 0.05) is 5.39 Å². The number of hydrogen-bond acceptors (Lipinski definition) is 7. The van der Waals surface area contributed by atoms with E-state index in [1.165, 1.54) is 6.07 Å². The highest BCUT2D eigenvalue weighted by molar-refractivity contribution is 6.04. The van der Waals surface area contributed by atoms with Crippen molar-refractivity contribution in [1.82, 2.24) is 10.3 Å². The van der Waals surface area contributed by atoms with Gasteiger partial charge in [-0.2, -0.15) is 5.26 Å². The molecule has 0 atom stereocenters. The van der Waals surface area contributed by atoms with E-state index in [9.17, 15) is 14.7 Å². The number of nitrogens with zero attached hydrogens (tertiary/aromatic N) is 2. The van der Waals surface area contributed by atoms with Gasteiger partial charge in [0.15, 0.2) is 11.4 Å². The number of carboxylic acids is 1. The quantitative estimate of drug-likeness (QED) is 0.543. The zero-order chi connectivity index (χ0) is 21.7. The fraction of sp³-hybridized carbons (Fsp3) is 0.143. The van der Waals surface area contributed by atoms with E-state index in [1.807, 2.05) is 6.07 Å². The molecule has 0 unspecified atom stereocenters. The highest BCUT2D eigenvalue weighted by Gasteiger charge is 2.21. The lowest BCUT2D eigenvalue weighted by Crippen LogP contribution is -2.30. The zero-order valence-corrected chi connectivity index (χ0v) is 15.9. The van der Waals surface area contributed by atoms with Crippen LogP contribution in [0.2, 0.25) is 0 Å². The first kappa shape index (κ1) is 20.4. The molecule has 0 aliphatic carbocycles. The van der Waals surface area contributed by atoms with Crippen LogP contribution < -0.4 is 14.8 Å². The number of ether oxygens (including phenoxy) is 2. The van der Waals surface area contributed by atoms with Gasteiger partial charge in [-0.05, 0) is 43.3 Å². The summed E-state index contributed by atoms with van der Waals surface area (Å²) in [7, 11) is 0. The predicted octanol–water partition coefficient (Wildman–Crippen LogP) is 2.82. The van der Waals surface area contributed by atoms with Gasteiger partial charge >= 0.3 is 5.97 Å². The second-order valence-corrected chi connectivity index (χ2v) is 6.07. The maximum Gasteiger partial charge on any atom is 0.322 e. The Labute approximate surface area is 171 Å². The number of aromatic nitrogens is 1. The van der Waals surface area contributed by atoms with Gasteiger partial charge in [-0.1, -0.05) is 6.07 Å². The van der Waals surface area contributed by atoms with Gasteiger partial charge in [0.1, 0.15) is 18.0 Å². The number of aromatic hydroxyl groups is 1. The lowest BCUT2D eigenvalue weighted by molar-refractivity contribution is -0.135. The van der Waals surface area contributed by atoms with Crippen molar-refractivity contribution in [3.8, 4) is 29.2 Å². The number of nitrogens with one attached hydrogen (secondary N) is 1. The van der Waals surface area contributed by atoms with E-state index >= 15 is 0 Å². The van der Waals surface area contributed by atoms with E-state index in [0.717, 1.165) is 0 Å². The van der Waals surface area contributed by atoms with Crippen molar-refractivity contribution >= 4 is 22.6 Å². The summed E-state index contributed by atoms with van der Waals surface area (Å²) in [5, 5.41) is 31.1. The molecule has 0 fully saturated rings. The van der Waals surface area contributed by atoms with E-state index in [1.54, 1.807) is 43.3 Å². The highest BCUT2D eigenvalue weighted by atomic mass is 16.5. The number of nitriles is 1. The Morgan fingerprint density at radius 3 is 2.63 bits per heavy atom. The minimum atomic E-state index is -1.23. The number of carbonyl (C=O) groups is 2. The van der Waals surface area contributed by atoms with E-state index in [-0.39, 0.29) is 23.6 Å². The van der Waals surface area contributed by atoms with Crippen LogP contribution in [0.5, 0.6) is 23.1 Å². The molecule has 0 spiro atoms. The first-order chi connectivity index (χ1) is 14.4. The largest absolute Gasteiger partial charge is 0.505 e. The van der Waals surface area contributed by atoms with Gasteiger partial charge < -0.3 is 25.0 Å². The number of benzene rings is 2. The van der Waals surface area contributed by atoms with E-state index in [4.69, 9.17) is 19.8 Å². The molecule has 3 aromatic rings. The van der Waals surface area contributed by atoms with Crippen LogP contribution in [0, 0.1) is 11.3 Å². The average molecular weight is 407 g/mol. The molecule has 0 saturated carbocycles.